The van der Waals surface area contributed by atoms with Gasteiger partial charge >= 0.3 is 6.03 Å². The summed E-state index contributed by atoms with van der Waals surface area (Å²) >= 11 is 0. The van der Waals surface area contributed by atoms with E-state index in [4.69, 9.17) is 0 Å². The Hall–Kier alpha value is -3.98. The summed E-state index contributed by atoms with van der Waals surface area (Å²) in [6, 6.07) is 17.7. The monoisotopic (exact) mass is 559 g/mol. The molecule has 0 fully saturated rings. The molecular formula is C31H37N5O3S. The van der Waals surface area contributed by atoms with Crippen LogP contribution < -0.4 is 10.0 Å². The van der Waals surface area contributed by atoms with Crippen molar-refractivity contribution < 1.29 is 13.2 Å². The minimum Gasteiger partial charge on any atom is -0.332 e. The van der Waals surface area contributed by atoms with E-state index in [2.05, 4.69) is 59.2 Å². The maximum absolute atomic E-state index is 13.4. The summed E-state index contributed by atoms with van der Waals surface area (Å²) in [4.78, 5) is 21.2. The molecule has 210 valence electrons. The number of sulfonamides is 1. The number of imidazole rings is 1. The van der Waals surface area contributed by atoms with Gasteiger partial charge in [0.25, 0.3) is 10.0 Å². The molecule has 2 aromatic heterocycles. The molecule has 0 aliphatic carbocycles. The SMILES string of the molecule is CC(C)Cc1ccc(S(=O)(=O)NC(=O)NCc2ccccn2)c(-c2ccc(Cn3ccnc3C(C)(C)C)cc2)c1. The number of rotatable bonds is 9. The van der Waals surface area contributed by atoms with Crippen LogP contribution in [0, 0.1) is 5.92 Å². The van der Waals surface area contributed by atoms with Gasteiger partial charge in [-0.2, -0.15) is 0 Å². The Morgan fingerprint density at radius 2 is 1.68 bits per heavy atom. The zero-order valence-electron chi connectivity index (χ0n) is 23.7. The highest BCUT2D eigenvalue weighted by molar-refractivity contribution is 7.90. The van der Waals surface area contributed by atoms with E-state index in [0.717, 1.165) is 28.9 Å². The van der Waals surface area contributed by atoms with E-state index in [0.29, 0.717) is 23.7 Å². The van der Waals surface area contributed by atoms with E-state index in [1.165, 1.54) is 0 Å². The van der Waals surface area contributed by atoms with Gasteiger partial charge in [-0.15, -0.1) is 0 Å². The number of hydrogen-bond donors (Lipinski definition) is 2. The maximum Gasteiger partial charge on any atom is 0.329 e. The van der Waals surface area contributed by atoms with Gasteiger partial charge in [0.1, 0.15) is 5.82 Å². The number of amides is 2. The van der Waals surface area contributed by atoms with Gasteiger partial charge < -0.3 is 9.88 Å². The lowest BCUT2D eigenvalue weighted by molar-refractivity contribution is 0.245. The number of urea groups is 1. The molecule has 2 heterocycles. The predicted octanol–water partition coefficient (Wildman–Crippen LogP) is 5.68. The van der Waals surface area contributed by atoms with Crippen LogP contribution in [0.2, 0.25) is 0 Å². The van der Waals surface area contributed by atoms with E-state index < -0.39 is 16.1 Å². The van der Waals surface area contributed by atoms with Gasteiger partial charge in [0, 0.05) is 36.1 Å². The average molecular weight is 560 g/mol. The Kier molecular flexibility index (Phi) is 8.73. The van der Waals surface area contributed by atoms with Crippen molar-refractivity contribution in [1.82, 2.24) is 24.6 Å². The molecule has 0 saturated heterocycles. The molecule has 0 unspecified atom stereocenters. The zero-order valence-corrected chi connectivity index (χ0v) is 24.5. The second-order valence-electron chi connectivity index (χ2n) is 11.4. The topological polar surface area (TPSA) is 106 Å². The number of benzene rings is 2. The van der Waals surface area contributed by atoms with Gasteiger partial charge in [-0.1, -0.05) is 71.0 Å². The van der Waals surface area contributed by atoms with Gasteiger partial charge in [0.15, 0.2) is 0 Å². The van der Waals surface area contributed by atoms with Crippen molar-refractivity contribution in [2.75, 3.05) is 0 Å². The van der Waals surface area contributed by atoms with Crippen LogP contribution in [0.1, 0.15) is 57.3 Å². The summed E-state index contributed by atoms with van der Waals surface area (Å²) in [5.41, 5.74) is 3.94. The molecule has 2 amide bonds. The predicted molar refractivity (Wildman–Crippen MR) is 157 cm³/mol. The minimum atomic E-state index is -4.16. The fourth-order valence-electron chi connectivity index (χ4n) is 4.59. The first-order chi connectivity index (χ1) is 18.9. The third-order valence-corrected chi connectivity index (χ3v) is 7.75. The minimum absolute atomic E-state index is 0.0466. The lowest BCUT2D eigenvalue weighted by Crippen LogP contribution is -2.39. The van der Waals surface area contributed by atoms with Gasteiger partial charge in [-0.05, 0) is 53.3 Å². The second-order valence-corrected chi connectivity index (χ2v) is 13.0. The van der Waals surface area contributed by atoms with Crippen LogP contribution in [0.25, 0.3) is 11.1 Å². The van der Waals surface area contributed by atoms with Gasteiger partial charge in [-0.25, -0.2) is 22.9 Å². The van der Waals surface area contributed by atoms with Crippen molar-refractivity contribution in [1.29, 1.82) is 0 Å². The van der Waals surface area contributed by atoms with Crippen LogP contribution in [0.3, 0.4) is 0 Å². The molecule has 0 bridgehead atoms. The molecule has 4 rings (SSSR count). The maximum atomic E-state index is 13.4. The van der Waals surface area contributed by atoms with E-state index in [1.54, 1.807) is 30.5 Å². The quantitative estimate of drug-likeness (QED) is 0.275. The van der Waals surface area contributed by atoms with Crippen molar-refractivity contribution in [2.24, 2.45) is 5.92 Å². The number of carbonyl (C=O) groups is 1. The molecule has 0 aliphatic rings. The molecule has 0 atom stereocenters. The van der Waals surface area contributed by atoms with Crippen LogP contribution >= 0.6 is 0 Å². The summed E-state index contributed by atoms with van der Waals surface area (Å²) in [5.74, 6) is 1.40. The molecule has 0 spiro atoms. The number of pyridine rings is 1. The molecule has 0 saturated carbocycles. The molecular weight excluding hydrogens is 522 g/mol. The Bertz CT molecular complexity index is 1550. The fourth-order valence-corrected chi connectivity index (χ4v) is 5.73. The Morgan fingerprint density at radius 1 is 0.950 bits per heavy atom. The van der Waals surface area contributed by atoms with Crippen LogP contribution in [0.15, 0.2) is 84.1 Å². The summed E-state index contributed by atoms with van der Waals surface area (Å²) < 4.78 is 31.1. The number of carbonyl (C=O) groups excluding carboxylic acids is 1. The van der Waals surface area contributed by atoms with Gasteiger partial charge in [0.2, 0.25) is 0 Å². The molecule has 4 aromatic rings. The smallest absolute Gasteiger partial charge is 0.329 e. The second kappa shape index (κ2) is 12.0. The van der Waals surface area contributed by atoms with E-state index >= 15 is 0 Å². The van der Waals surface area contributed by atoms with E-state index in [1.807, 2.05) is 48.8 Å². The van der Waals surface area contributed by atoms with E-state index in [-0.39, 0.29) is 16.9 Å². The summed E-state index contributed by atoms with van der Waals surface area (Å²) in [7, 11) is -4.16. The van der Waals surface area contributed by atoms with Crippen LogP contribution in [-0.2, 0) is 34.9 Å². The van der Waals surface area contributed by atoms with Crippen molar-refractivity contribution in [3.05, 3.63) is 102 Å². The van der Waals surface area contributed by atoms with Crippen LogP contribution in [0.4, 0.5) is 4.79 Å². The summed E-state index contributed by atoms with van der Waals surface area (Å²) in [6.45, 7) is 11.4. The Balaban J connectivity index is 1.60. The Labute approximate surface area is 236 Å². The molecule has 0 aliphatic heterocycles. The third-order valence-electron chi connectivity index (χ3n) is 6.36. The van der Waals surface area contributed by atoms with Crippen molar-refractivity contribution in [3.63, 3.8) is 0 Å². The van der Waals surface area contributed by atoms with Gasteiger partial charge in [0.05, 0.1) is 17.1 Å². The molecule has 9 heteroatoms. The first-order valence-electron chi connectivity index (χ1n) is 13.4. The third kappa shape index (κ3) is 7.35. The number of hydrogen-bond acceptors (Lipinski definition) is 5. The van der Waals surface area contributed by atoms with Crippen LogP contribution in [-0.4, -0.2) is 29.0 Å². The standard InChI is InChI=1S/C31H37N5O3S/c1-22(2)18-24-11-14-28(40(38,39)35-30(37)34-20-26-8-6-7-15-32-26)27(19-24)25-12-9-23(10-13-25)21-36-17-16-33-29(36)31(3,4)5/h6-17,19,22H,18,20-21H2,1-5H3,(H2,34,35,37). The molecule has 2 aromatic carbocycles. The molecule has 8 nitrogen and oxygen atoms in total. The van der Waals surface area contributed by atoms with Crippen molar-refractivity contribution in [3.8, 4) is 11.1 Å². The normalized spacial score (nSPS) is 11.9. The highest BCUT2D eigenvalue weighted by Crippen LogP contribution is 2.30. The number of aromatic nitrogens is 3. The van der Waals surface area contributed by atoms with Crippen molar-refractivity contribution in [2.45, 2.75) is 64.4 Å². The molecule has 2 N–H and O–H groups in total. The van der Waals surface area contributed by atoms with Gasteiger partial charge in [-0.3, -0.25) is 4.98 Å². The highest BCUT2D eigenvalue weighted by Gasteiger charge is 2.23. The average Bonchev–Trinajstić information content (AvgIpc) is 3.37. The van der Waals surface area contributed by atoms with Crippen molar-refractivity contribution >= 4 is 16.1 Å². The fraction of sp³-hybridized carbons (Fsp3) is 0.323. The molecule has 0 radical (unpaired) electrons. The summed E-state index contributed by atoms with van der Waals surface area (Å²) in [6.07, 6.45) is 6.20. The molecule has 40 heavy (non-hydrogen) atoms. The lowest BCUT2D eigenvalue weighted by Gasteiger charge is -2.20. The van der Waals surface area contributed by atoms with E-state index in [9.17, 15) is 13.2 Å². The lowest BCUT2D eigenvalue weighted by atomic mass is 9.95. The first-order valence-corrected chi connectivity index (χ1v) is 14.8. The highest BCUT2D eigenvalue weighted by atomic mass is 32.2. The largest absolute Gasteiger partial charge is 0.332 e. The summed E-state index contributed by atoms with van der Waals surface area (Å²) in [5, 5.41) is 2.57. The van der Waals surface area contributed by atoms with Crippen LogP contribution in [0.5, 0.6) is 0 Å². The first kappa shape index (κ1) is 29.0. The number of nitrogens with zero attached hydrogens (tertiary/aromatic N) is 3. The zero-order chi connectivity index (χ0) is 28.9. The Morgan fingerprint density at radius 3 is 2.33 bits per heavy atom. The number of nitrogens with one attached hydrogen (secondary N) is 2.